The molecule has 1 fully saturated rings. The summed E-state index contributed by atoms with van der Waals surface area (Å²) in [6.07, 6.45) is 2.88. The van der Waals surface area contributed by atoms with E-state index in [4.69, 9.17) is 18.6 Å². The van der Waals surface area contributed by atoms with E-state index in [9.17, 15) is 0 Å². The third-order valence-electron chi connectivity index (χ3n) is 1.57. The molecule has 4 nitrogen and oxygen atoms in total. The molecule has 1 aliphatic rings. The first-order valence-electron chi connectivity index (χ1n) is 3.83. The highest BCUT2D eigenvalue weighted by Crippen LogP contribution is 2.12. The Labute approximate surface area is 70.0 Å². The van der Waals surface area contributed by atoms with Crippen LogP contribution >= 0.6 is 0 Å². The lowest BCUT2D eigenvalue weighted by Gasteiger charge is -2.08. The third kappa shape index (κ3) is 1.78. The standard InChI is InChI=1S/C8H10O4/c1-2-9-5-7(1)12-6-8-10-3-4-11-8/h1-2,5,8H,3-4,6H2. The molecule has 2 heterocycles. The van der Waals surface area contributed by atoms with E-state index < -0.39 is 0 Å². The van der Waals surface area contributed by atoms with Crippen LogP contribution < -0.4 is 4.74 Å². The smallest absolute Gasteiger partial charge is 0.191 e. The van der Waals surface area contributed by atoms with E-state index in [1.165, 1.54) is 6.26 Å². The summed E-state index contributed by atoms with van der Waals surface area (Å²) in [5, 5.41) is 0. The Morgan fingerprint density at radius 1 is 1.42 bits per heavy atom. The summed E-state index contributed by atoms with van der Waals surface area (Å²) in [4.78, 5) is 0. The lowest BCUT2D eigenvalue weighted by atomic mass is 10.6. The zero-order valence-electron chi connectivity index (χ0n) is 6.56. The minimum absolute atomic E-state index is 0.222. The first-order valence-corrected chi connectivity index (χ1v) is 3.83. The van der Waals surface area contributed by atoms with E-state index in [-0.39, 0.29) is 6.29 Å². The summed E-state index contributed by atoms with van der Waals surface area (Å²) in [5.74, 6) is 0.703. The highest BCUT2D eigenvalue weighted by molar-refractivity contribution is 5.12. The number of ether oxygens (including phenoxy) is 3. The fourth-order valence-electron chi connectivity index (χ4n) is 1.00. The van der Waals surface area contributed by atoms with Crippen LogP contribution in [0, 0.1) is 0 Å². The minimum Gasteiger partial charge on any atom is -0.485 e. The predicted molar refractivity (Wildman–Crippen MR) is 39.9 cm³/mol. The van der Waals surface area contributed by atoms with Gasteiger partial charge in [0, 0.05) is 6.07 Å². The lowest BCUT2D eigenvalue weighted by Crippen LogP contribution is -2.17. The van der Waals surface area contributed by atoms with Gasteiger partial charge in [-0.3, -0.25) is 0 Å². The zero-order valence-corrected chi connectivity index (χ0v) is 6.56. The van der Waals surface area contributed by atoms with Crippen LogP contribution in [0.25, 0.3) is 0 Å². The predicted octanol–water partition coefficient (Wildman–Crippen LogP) is 1.03. The van der Waals surface area contributed by atoms with Crippen LogP contribution in [-0.2, 0) is 9.47 Å². The van der Waals surface area contributed by atoms with Gasteiger partial charge in [-0.25, -0.2) is 0 Å². The van der Waals surface area contributed by atoms with Gasteiger partial charge in [-0.2, -0.15) is 0 Å². The SMILES string of the molecule is c1cc(OCC2OCCO2)co1. The molecule has 66 valence electrons. The molecule has 0 bridgehead atoms. The second kappa shape index (κ2) is 3.60. The Hall–Kier alpha value is -1.00. The van der Waals surface area contributed by atoms with Gasteiger partial charge in [0.05, 0.1) is 19.5 Å². The Bertz CT molecular complexity index is 213. The monoisotopic (exact) mass is 170 g/mol. The molecule has 0 amide bonds. The van der Waals surface area contributed by atoms with Gasteiger partial charge in [-0.1, -0.05) is 0 Å². The molecular formula is C8H10O4. The fourth-order valence-corrected chi connectivity index (χ4v) is 1.00. The van der Waals surface area contributed by atoms with Crippen LogP contribution in [-0.4, -0.2) is 26.1 Å². The molecule has 0 atom stereocenters. The maximum atomic E-state index is 5.29. The van der Waals surface area contributed by atoms with Gasteiger partial charge in [0.25, 0.3) is 0 Å². The number of hydrogen-bond acceptors (Lipinski definition) is 4. The molecular weight excluding hydrogens is 160 g/mol. The van der Waals surface area contributed by atoms with Crippen LogP contribution in [0.2, 0.25) is 0 Å². The van der Waals surface area contributed by atoms with Crippen molar-refractivity contribution in [2.24, 2.45) is 0 Å². The molecule has 0 saturated carbocycles. The van der Waals surface area contributed by atoms with Crippen molar-refractivity contribution >= 4 is 0 Å². The molecule has 1 aliphatic heterocycles. The second-order valence-corrected chi connectivity index (χ2v) is 2.44. The molecule has 0 N–H and O–H groups in total. The average Bonchev–Trinajstić information content (AvgIpc) is 2.74. The second-order valence-electron chi connectivity index (χ2n) is 2.44. The van der Waals surface area contributed by atoms with Crippen molar-refractivity contribution in [3.8, 4) is 5.75 Å². The number of furan rings is 1. The molecule has 2 rings (SSSR count). The van der Waals surface area contributed by atoms with Gasteiger partial charge in [0.15, 0.2) is 12.0 Å². The van der Waals surface area contributed by atoms with Gasteiger partial charge < -0.3 is 18.6 Å². The zero-order chi connectivity index (χ0) is 8.23. The van der Waals surface area contributed by atoms with Crippen molar-refractivity contribution < 1.29 is 18.6 Å². The quantitative estimate of drug-likeness (QED) is 0.679. The van der Waals surface area contributed by atoms with Crippen LogP contribution in [0.15, 0.2) is 23.0 Å². The van der Waals surface area contributed by atoms with Gasteiger partial charge in [0.2, 0.25) is 0 Å². The summed E-state index contributed by atoms with van der Waals surface area (Å²) in [5.41, 5.74) is 0. The summed E-state index contributed by atoms with van der Waals surface area (Å²) < 4.78 is 20.5. The Morgan fingerprint density at radius 3 is 2.92 bits per heavy atom. The molecule has 1 aromatic rings. The van der Waals surface area contributed by atoms with E-state index in [1.54, 1.807) is 12.3 Å². The summed E-state index contributed by atoms with van der Waals surface area (Å²) >= 11 is 0. The number of hydrogen-bond donors (Lipinski definition) is 0. The molecule has 0 aromatic carbocycles. The maximum absolute atomic E-state index is 5.29. The van der Waals surface area contributed by atoms with Crippen molar-refractivity contribution in [3.63, 3.8) is 0 Å². The van der Waals surface area contributed by atoms with Gasteiger partial charge >= 0.3 is 0 Å². The van der Waals surface area contributed by atoms with Crippen molar-refractivity contribution in [2.45, 2.75) is 6.29 Å². The Kier molecular flexibility index (Phi) is 2.29. The number of rotatable bonds is 3. The molecule has 0 aliphatic carbocycles. The molecule has 4 heteroatoms. The van der Waals surface area contributed by atoms with Crippen molar-refractivity contribution in [2.75, 3.05) is 19.8 Å². The molecule has 12 heavy (non-hydrogen) atoms. The van der Waals surface area contributed by atoms with Gasteiger partial charge in [-0.05, 0) is 0 Å². The van der Waals surface area contributed by atoms with Gasteiger partial charge in [-0.15, -0.1) is 0 Å². The van der Waals surface area contributed by atoms with E-state index in [2.05, 4.69) is 0 Å². The molecule has 0 spiro atoms. The molecule has 1 aromatic heterocycles. The minimum atomic E-state index is -0.222. The van der Waals surface area contributed by atoms with Crippen molar-refractivity contribution in [1.82, 2.24) is 0 Å². The van der Waals surface area contributed by atoms with Crippen LogP contribution in [0.5, 0.6) is 5.75 Å². The van der Waals surface area contributed by atoms with E-state index >= 15 is 0 Å². The maximum Gasteiger partial charge on any atom is 0.191 e. The Morgan fingerprint density at radius 2 is 2.25 bits per heavy atom. The van der Waals surface area contributed by atoms with E-state index in [1.807, 2.05) is 0 Å². The van der Waals surface area contributed by atoms with Gasteiger partial charge in [0.1, 0.15) is 12.9 Å². The van der Waals surface area contributed by atoms with E-state index in [0.29, 0.717) is 25.6 Å². The van der Waals surface area contributed by atoms with Crippen LogP contribution in [0.3, 0.4) is 0 Å². The molecule has 0 unspecified atom stereocenters. The fraction of sp³-hybridized carbons (Fsp3) is 0.500. The lowest BCUT2D eigenvalue weighted by molar-refractivity contribution is -0.0684. The Balaban J connectivity index is 1.74. The highest BCUT2D eigenvalue weighted by Gasteiger charge is 2.16. The summed E-state index contributed by atoms with van der Waals surface area (Å²) in [6.45, 7) is 1.72. The van der Waals surface area contributed by atoms with Crippen LogP contribution in [0.1, 0.15) is 0 Å². The summed E-state index contributed by atoms with van der Waals surface area (Å²) in [6, 6.07) is 1.74. The van der Waals surface area contributed by atoms with Crippen LogP contribution in [0.4, 0.5) is 0 Å². The highest BCUT2D eigenvalue weighted by atomic mass is 16.7. The molecule has 0 radical (unpaired) electrons. The largest absolute Gasteiger partial charge is 0.485 e. The first kappa shape index (κ1) is 7.64. The van der Waals surface area contributed by atoms with E-state index in [0.717, 1.165) is 0 Å². The first-order chi connectivity index (χ1) is 5.95. The van der Waals surface area contributed by atoms with Crippen molar-refractivity contribution in [3.05, 3.63) is 18.6 Å². The average molecular weight is 170 g/mol. The topological polar surface area (TPSA) is 40.8 Å². The van der Waals surface area contributed by atoms with Crippen molar-refractivity contribution in [1.29, 1.82) is 0 Å². The third-order valence-corrected chi connectivity index (χ3v) is 1.57. The summed E-state index contributed by atoms with van der Waals surface area (Å²) in [7, 11) is 0. The normalized spacial score (nSPS) is 18.3. The molecule has 1 saturated heterocycles.